The number of amides is 1. The molecule has 3 rings (SSSR count). The van der Waals surface area contributed by atoms with Crippen molar-refractivity contribution in [1.29, 1.82) is 0 Å². The summed E-state index contributed by atoms with van der Waals surface area (Å²) in [5.41, 5.74) is 8.74. The lowest BCUT2D eigenvalue weighted by atomic mass is 10.1. The molecule has 1 amide bonds. The second-order valence-corrected chi connectivity index (χ2v) is 6.02. The van der Waals surface area contributed by atoms with Crippen LogP contribution in [0.15, 0.2) is 29.6 Å². The first kappa shape index (κ1) is 15.9. The number of halogens is 1. The van der Waals surface area contributed by atoms with Gasteiger partial charge in [0, 0.05) is 25.0 Å². The molecule has 0 unspecified atom stereocenters. The zero-order valence-electron chi connectivity index (χ0n) is 11.8. The van der Waals surface area contributed by atoms with Crippen molar-refractivity contribution in [1.82, 2.24) is 9.88 Å². The fourth-order valence-corrected chi connectivity index (χ4v) is 3.31. The summed E-state index contributed by atoms with van der Waals surface area (Å²) in [6, 6.07) is 8.61. The number of nitrogens with two attached hydrogens (primary N) is 1. The van der Waals surface area contributed by atoms with Crippen molar-refractivity contribution in [3.8, 4) is 0 Å². The Balaban J connectivity index is 0.00000161. The average Bonchev–Trinajstić information content (AvgIpc) is 3.11. The van der Waals surface area contributed by atoms with Crippen molar-refractivity contribution in [3.63, 3.8) is 0 Å². The van der Waals surface area contributed by atoms with E-state index < -0.39 is 0 Å². The molecule has 0 atom stereocenters. The lowest BCUT2D eigenvalue weighted by Gasteiger charge is -2.23. The third-order valence-electron chi connectivity index (χ3n) is 3.84. The van der Waals surface area contributed by atoms with Crippen LogP contribution in [0.4, 0.5) is 0 Å². The van der Waals surface area contributed by atoms with Crippen molar-refractivity contribution in [2.24, 2.45) is 5.73 Å². The molecule has 1 aliphatic carbocycles. The minimum absolute atomic E-state index is 0. The fourth-order valence-electron chi connectivity index (χ4n) is 2.66. The van der Waals surface area contributed by atoms with Gasteiger partial charge in [-0.2, -0.15) is 0 Å². The molecule has 6 heteroatoms. The summed E-state index contributed by atoms with van der Waals surface area (Å²) < 4.78 is 0. The molecule has 0 aliphatic heterocycles. The number of rotatable bonds is 3. The number of carbonyl (C=O) groups is 1. The maximum atomic E-state index is 12.4. The molecule has 0 fully saturated rings. The van der Waals surface area contributed by atoms with Crippen LogP contribution in [0.25, 0.3) is 0 Å². The smallest absolute Gasteiger partial charge is 0.273 e. The highest BCUT2D eigenvalue weighted by atomic mass is 35.5. The second-order valence-electron chi connectivity index (χ2n) is 5.08. The van der Waals surface area contributed by atoms with Crippen LogP contribution < -0.4 is 5.73 Å². The van der Waals surface area contributed by atoms with Crippen molar-refractivity contribution < 1.29 is 4.79 Å². The van der Waals surface area contributed by atoms with E-state index in [0.717, 1.165) is 17.8 Å². The van der Waals surface area contributed by atoms with Crippen LogP contribution in [0, 0.1) is 0 Å². The Hall–Kier alpha value is -1.43. The summed E-state index contributed by atoms with van der Waals surface area (Å²) in [4.78, 5) is 18.5. The third-order valence-corrected chi connectivity index (χ3v) is 4.71. The van der Waals surface area contributed by atoms with Crippen LogP contribution in [0.1, 0.15) is 26.6 Å². The van der Waals surface area contributed by atoms with Gasteiger partial charge in [0.25, 0.3) is 5.91 Å². The topological polar surface area (TPSA) is 59.2 Å². The van der Waals surface area contributed by atoms with Crippen molar-refractivity contribution in [2.75, 3.05) is 7.05 Å². The van der Waals surface area contributed by atoms with Crippen LogP contribution in [-0.4, -0.2) is 28.9 Å². The largest absolute Gasteiger partial charge is 0.337 e. The molecular weight excluding hydrogens is 306 g/mol. The number of nitrogens with zero attached hydrogens (tertiary/aromatic N) is 2. The lowest BCUT2D eigenvalue weighted by molar-refractivity contribution is 0.0732. The van der Waals surface area contributed by atoms with Crippen LogP contribution in [0.3, 0.4) is 0 Å². The average molecular weight is 324 g/mol. The monoisotopic (exact) mass is 323 g/mol. The Labute approximate surface area is 134 Å². The van der Waals surface area contributed by atoms with E-state index in [-0.39, 0.29) is 24.4 Å². The first-order valence-corrected chi connectivity index (χ1v) is 7.55. The van der Waals surface area contributed by atoms with E-state index in [1.807, 2.05) is 11.9 Å². The summed E-state index contributed by atoms with van der Waals surface area (Å²) >= 11 is 1.44. The van der Waals surface area contributed by atoms with Crippen LogP contribution >= 0.6 is 23.7 Å². The predicted octanol–water partition coefficient (Wildman–Crippen LogP) is 2.26. The normalized spacial score (nSPS) is 13.6. The maximum Gasteiger partial charge on any atom is 0.273 e. The molecule has 0 saturated carbocycles. The Morgan fingerprint density at radius 2 is 2.00 bits per heavy atom. The fraction of sp³-hybridized carbons (Fsp3) is 0.333. The van der Waals surface area contributed by atoms with Crippen LogP contribution in [-0.2, 0) is 19.4 Å². The molecule has 2 aromatic rings. The van der Waals surface area contributed by atoms with E-state index in [9.17, 15) is 4.79 Å². The van der Waals surface area contributed by atoms with E-state index in [1.54, 1.807) is 5.38 Å². The summed E-state index contributed by atoms with van der Waals surface area (Å²) in [5, 5.41) is 2.60. The number of hydrogen-bond donors (Lipinski definition) is 1. The SMILES string of the molecule is CN(C(=O)c1csc(CN)n1)C1Cc2ccccc2C1.Cl. The van der Waals surface area contributed by atoms with E-state index in [1.165, 1.54) is 22.5 Å². The molecule has 0 radical (unpaired) electrons. The van der Waals surface area contributed by atoms with Gasteiger partial charge in [0.1, 0.15) is 10.7 Å². The Kier molecular flexibility index (Phi) is 4.98. The molecular formula is C15H18ClN3OS. The van der Waals surface area contributed by atoms with Gasteiger partial charge in [-0.15, -0.1) is 23.7 Å². The molecule has 1 aliphatic rings. The van der Waals surface area contributed by atoms with Crippen LogP contribution in [0.2, 0.25) is 0 Å². The second kappa shape index (κ2) is 6.56. The van der Waals surface area contributed by atoms with Gasteiger partial charge in [-0.1, -0.05) is 24.3 Å². The van der Waals surface area contributed by atoms with Gasteiger partial charge in [0.15, 0.2) is 0 Å². The number of fused-ring (bicyclic) bond motifs is 1. The van der Waals surface area contributed by atoms with E-state index in [0.29, 0.717) is 12.2 Å². The first-order chi connectivity index (χ1) is 9.69. The third kappa shape index (κ3) is 3.10. The Bertz CT molecular complexity index is 618. The van der Waals surface area contributed by atoms with Crippen molar-refractivity contribution >= 4 is 29.7 Å². The Morgan fingerprint density at radius 1 is 1.38 bits per heavy atom. The molecule has 4 nitrogen and oxygen atoms in total. The molecule has 21 heavy (non-hydrogen) atoms. The summed E-state index contributed by atoms with van der Waals surface area (Å²) in [6.45, 7) is 0.385. The summed E-state index contributed by atoms with van der Waals surface area (Å²) in [6.07, 6.45) is 1.85. The van der Waals surface area contributed by atoms with Gasteiger partial charge in [-0.25, -0.2) is 4.98 Å². The maximum absolute atomic E-state index is 12.4. The van der Waals surface area contributed by atoms with Gasteiger partial charge in [-0.05, 0) is 24.0 Å². The van der Waals surface area contributed by atoms with Crippen molar-refractivity contribution in [3.05, 3.63) is 51.5 Å². The molecule has 1 aromatic carbocycles. The predicted molar refractivity (Wildman–Crippen MR) is 87.0 cm³/mol. The summed E-state index contributed by atoms with van der Waals surface area (Å²) in [7, 11) is 1.86. The van der Waals surface area contributed by atoms with Crippen molar-refractivity contribution in [2.45, 2.75) is 25.4 Å². The summed E-state index contributed by atoms with van der Waals surface area (Å²) in [5.74, 6) is -0.0150. The molecule has 0 saturated heterocycles. The zero-order chi connectivity index (χ0) is 14.1. The minimum atomic E-state index is -0.0150. The van der Waals surface area contributed by atoms with E-state index in [4.69, 9.17) is 5.73 Å². The highest BCUT2D eigenvalue weighted by Gasteiger charge is 2.28. The standard InChI is InChI=1S/C15H17N3OS.ClH/c1-18(15(19)13-9-20-14(8-16)17-13)12-6-10-4-2-3-5-11(10)7-12;/h2-5,9,12H,6-8,16H2,1H3;1H. The molecule has 1 aromatic heterocycles. The van der Waals surface area contributed by atoms with Gasteiger partial charge < -0.3 is 10.6 Å². The highest BCUT2D eigenvalue weighted by Crippen LogP contribution is 2.25. The van der Waals surface area contributed by atoms with Gasteiger partial charge >= 0.3 is 0 Å². The number of carbonyl (C=O) groups excluding carboxylic acids is 1. The number of likely N-dealkylation sites (N-methyl/N-ethyl adjacent to an activating group) is 1. The van der Waals surface area contributed by atoms with E-state index >= 15 is 0 Å². The zero-order valence-corrected chi connectivity index (χ0v) is 13.4. The Morgan fingerprint density at radius 3 is 2.52 bits per heavy atom. The van der Waals surface area contributed by atoms with Gasteiger partial charge in [0.05, 0.1) is 0 Å². The number of thiazole rings is 1. The quantitative estimate of drug-likeness (QED) is 0.942. The van der Waals surface area contributed by atoms with Gasteiger partial charge in [0.2, 0.25) is 0 Å². The number of hydrogen-bond acceptors (Lipinski definition) is 4. The molecule has 2 N–H and O–H groups in total. The molecule has 0 spiro atoms. The number of aromatic nitrogens is 1. The molecule has 0 bridgehead atoms. The van der Waals surface area contributed by atoms with Crippen LogP contribution in [0.5, 0.6) is 0 Å². The first-order valence-electron chi connectivity index (χ1n) is 6.67. The van der Waals surface area contributed by atoms with Gasteiger partial charge in [-0.3, -0.25) is 4.79 Å². The highest BCUT2D eigenvalue weighted by molar-refractivity contribution is 7.09. The number of benzene rings is 1. The minimum Gasteiger partial charge on any atom is -0.337 e. The molecule has 112 valence electrons. The molecule has 1 heterocycles. The van der Waals surface area contributed by atoms with E-state index in [2.05, 4.69) is 29.2 Å². The lowest BCUT2D eigenvalue weighted by Crippen LogP contribution is -2.37.